The maximum Gasteiger partial charge on any atom is 0.274 e. The van der Waals surface area contributed by atoms with Crippen LogP contribution < -0.4 is 5.32 Å². The smallest absolute Gasteiger partial charge is 0.274 e. The van der Waals surface area contributed by atoms with E-state index in [-0.39, 0.29) is 24.3 Å². The summed E-state index contributed by atoms with van der Waals surface area (Å²) in [5.41, 5.74) is 1.44. The Balaban J connectivity index is 2.00. The molecule has 0 bridgehead atoms. The molecule has 0 spiro atoms. The van der Waals surface area contributed by atoms with Crippen molar-refractivity contribution in [2.24, 2.45) is 0 Å². The van der Waals surface area contributed by atoms with Gasteiger partial charge in [-0.05, 0) is 25.3 Å². The van der Waals surface area contributed by atoms with Gasteiger partial charge in [-0.15, -0.1) is 0 Å². The zero-order chi connectivity index (χ0) is 18.8. The number of rotatable bonds is 9. The Kier molecular flexibility index (Phi) is 7.74. The van der Waals surface area contributed by atoms with E-state index in [1.807, 2.05) is 44.2 Å². The Labute approximate surface area is 154 Å². The fourth-order valence-corrected chi connectivity index (χ4v) is 2.48. The van der Waals surface area contributed by atoms with Crippen LogP contribution >= 0.6 is 0 Å². The maximum absolute atomic E-state index is 12.7. The highest BCUT2D eigenvalue weighted by Crippen LogP contribution is 2.06. The molecule has 0 saturated heterocycles. The Hall–Kier alpha value is -2.76. The molecule has 6 nitrogen and oxygen atoms in total. The summed E-state index contributed by atoms with van der Waals surface area (Å²) in [6.45, 7) is 4.87. The molecular weight excluding hydrogens is 328 g/mol. The number of amides is 2. The van der Waals surface area contributed by atoms with Gasteiger partial charge in [-0.2, -0.15) is 0 Å². The van der Waals surface area contributed by atoms with E-state index in [4.69, 9.17) is 0 Å². The first-order valence-electron chi connectivity index (χ1n) is 8.98. The van der Waals surface area contributed by atoms with Gasteiger partial charge >= 0.3 is 0 Å². The number of carbonyl (C=O) groups excluding carboxylic acids is 2. The van der Waals surface area contributed by atoms with Crippen LogP contribution in [0.4, 0.5) is 0 Å². The van der Waals surface area contributed by atoms with Gasteiger partial charge in [-0.1, -0.05) is 37.3 Å². The molecule has 0 aliphatic carbocycles. The summed E-state index contributed by atoms with van der Waals surface area (Å²) in [5, 5.41) is 2.93. The largest absolute Gasteiger partial charge is 0.354 e. The van der Waals surface area contributed by atoms with Crippen molar-refractivity contribution in [2.45, 2.75) is 39.2 Å². The van der Waals surface area contributed by atoms with Crippen LogP contribution in [0.25, 0.3) is 0 Å². The number of carbonyl (C=O) groups is 2. The van der Waals surface area contributed by atoms with Crippen LogP contribution in [-0.4, -0.2) is 45.8 Å². The molecule has 26 heavy (non-hydrogen) atoms. The van der Waals surface area contributed by atoms with Gasteiger partial charge in [0, 0.05) is 37.9 Å². The number of nitrogens with one attached hydrogen (secondary N) is 1. The first-order chi connectivity index (χ1) is 12.6. The third-order valence-corrected chi connectivity index (χ3v) is 4.21. The lowest BCUT2D eigenvalue weighted by atomic mass is 10.1. The van der Waals surface area contributed by atoms with Gasteiger partial charge in [-0.3, -0.25) is 14.6 Å². The summed E-state index contributed by atoms with van der Waals surface area (Å²) < 4.78 is 0. The standard InChI is InChI=1S/C20H26N4O2/c1-3-16(2)23-19(25)10-14-24(13-9-17-7-5-4-6-8-17)20(26)18-15-21-11-12-22-18/h4-8,11-12,15-16H,3,9-10,13-14H2,1-2H3,(H,23,25)/t16-/m1/s1. The summed E-state index contributed by atoms with van der Waals surface area (Å²) >= 11 is 0. The Morgan fingerprint density at radius 2 is 1.92 bits per heavy atom. The molecule has 0 aliphatic heterocycles. The summed E-state index contributed by atoms with van der Waals surface area (Å²) in [6, 6.07) is 10.1. The van der Waals surface area contributed by atoms with E-state index in [1.54, 1.807) is 4.90 Å². The molecule has 0 fully saturated rings. The van der Waals surface area contributed by atoms with E-state index in [2.05, 4.69) is 15.3 Å². The minimum atomic E-state index is -0.203. The van der Waals surface area contributed by atoms with Gasteiger partial charge in [0.15, 0.2) is 0 Å². The van der Waals surface area contributed by atoms with Crippen molar-refractivity contribution < 1.29 is 9.59 Å². The van der Waals surface area contributed by atoms with Crippen molar-refractivity contribution in [2.75, 3.05) is 13.1 Å². The lowest BCUT2D eigenvalue weighted by Gasteiger charge is -2.22. The van der Waals surface area contributed by atoms with Gasteiger partial charge in [0.2, 0.25) is 5.91 Å². The van der Waals surface area contributed by atoms with E-state index in [0.717, 1.165) is 18.4 Å². The van der Waals surface area contributed by atoms with Gasteiger partial charge in [0.05, 0.1) is 6.20 Å². The van der Waals surface area contributed by atoms with Crippen molar-refractivity contribution in [3.63, 3.8) is 0 Å². The molecule has 1 aromatic heterocycles. The van der Waals surface area contributed by atoms with E-state index in [1.165, 1.54) is 18.6 Å². The fourth-order valence-electron chi connectivity index (χ4n) is 2.48. The van der Waals surface area contributed by atoms with Crippen molar-refractivity contribution in [3.05, 3.63) is 60.2 Å². The molecule has 1 atom stereocenters. The summed E-state index contributed by atoms with van der Waals surface area (Å²) in [4.78, 5) is 34.5. The van der Waals surface area contributed by atoms with E-state index < -0.39 is 0 Å². The van der Waals surface area contributed by atoms with Crippen molar-refractivity contribution in [3.8, 4) is 0 Å². The second-order valence-electron chi connectivity index (χ2n) is 6.25. The second-order valence-corrected chi connectivity index (χ2v) is 6.25. The first kappa shape index (κ1) is 19.6. The number of nitrogens with zero attached hydrogens (tertiary/aromatic N) is 3. The van der Waals surface area contributed by atoms with Crippen molar-refractivity contribution >= 4 is 11.8 Å². The molecule has 138 valence electrons. The molecule has 0 unspecified atom stereocenters. The average molecular weight is 354 g/mol. The highest BCUT2D eigenvalue weighted by Gasteiger charge is 2.18. The molecule has 0 saturated carbocycles. The van der Waals surface area contributed by atoms with Crippen LogP contribution in [0.1, 0.15) is 42.7 Å². The molecule has 6 heteroatoms. The highest BCUT2D eigenvalue weighted by molar-refractivity contribution is 5.92. The van der Waals surface area contributed by atoms with Crippen LogP contribution in [0.2, 0.25) is 0 Å². The molecule has 1 aromatic carbocycles. The molecule has 1 N–H and O–H groups in total. The minimum absolute atomic E-state index is 0.0454. The van der Waals surface area contributed by atoms with Crippen LogP contribution in [0.15, 0.2) is 48.9 Å². The summed E-state index contributed by atoms with van der Waals surface area (Å²) in [6.07, 6.45) is 6.35. The highest BCUT2D eigenvalue weighted by atomic mass is 16.2. The van der Waals surface area contributed by atoms with E-state index in [9.17, 15) is 9.59 Å². The second kappa shape index (κ2) is 10.3. The van der Waals surface area contributed by atoms with Crippen molar-refractivity contribution in [1.82, 2.24) is 20.2 Å². The van der Waals surface area contributed by atoms with Gasteiger partial charge in [0.1, 0.15) is 5.69 Å². The Bertz CT molecular complexity index is 691. The summed E-state index contributed by atoms with van der Waals surface area (Å²) in [7, 11) is 0. The number of aromatic nitrogens is 2. The van der Waals surface area contributed by atoms with Crippen LogP contribution in [0.5, 0.6) is 0 Å². The lowest BCUT2D eigenvalue weighted by molar-refractivity contribution is -0.121. The maximum atomic E-state index is 12.7. The number of hydrogen-bond acceptors (Lipinski definition) is 4. The zero-order valence-corrected chi connectivity index (χ0v) is 15.4. The van der Waals surface area contributed by atoms with Crippen LogP contribution in [-0.2, 0) is 11.2 Å². The van der Waals surface area contributed by atoms with Crippen LogP contribution in [0, 0.1) is 0 Å². The third-order valence-electron chi connectivity index (χ3n) is 4.21. The Morgan fingerprint density at radius 1 is 1.15 bits per heavy atom. The van der Waals surface area contributed by atoms with Gasteiger partial charge in [-0.25, -0.2) is 4.98 Å². The number of benzene rings is 1. The van der Waals surface area contributed by atoms with E-state index in [0.29, 0.717) is 18.8 Å². The molecule has 2 aromatic rings. The first-order valence-corrected chi connectivity index (χ1v) is 8.98. The predicted octanol–water partition coefficient (Wildman–Crippen LogP) is 2.47. The molecular formula is C20H26N4O2. The lowest BCUT2D eigenvalue weighted by Crippen LogP contribution is -2.38. The normalized spacial score (nSPS) is 11.6. The third kappa shape index (κ3) is 6.27. The molecule has 2 amide bonds. The zero-order valence-electron chi connectivity index (χ0n) is 15.4. The Morgan fingerprint density at radius 3 is 2.58 bits per heavy atom. The van der Waals surface area contributed by atoms with Crippen molar-refractivity contribution in [1.29, 1.82) is 0 Å². The van der Waals surface area contributed by atoms with E-state index >= 15 is 0 Å². The monoisotopic (exact) mass is 354 g/mol. The topological polar surface area (TPSA) is 75.2 Å². The fraction of sp³-hybridized carbons (Fsp3) is 0.400. The van der Waals surface area contributed by atoms with Gasteiger partial charge < -0.3 is 10.2 Å². The quantitative estimate of drug-likeness (QED) is 0.751. The van der Waals surface area contributed by atoms with Crippen LogP contribution in [0.3, 0.4) is 0 Å². The molecule has 2 rings (SSSR count). The predicted molar refractivity (Wildman–Crippen MR) is 101 cm³/mol. The number of hydrogen-bond donors (Lipinski definition) is 1. The average Bonchev–Trinajstić information content (AvgIpc) is 2.69. The summed E-state index contributed by atoms with van der Waals surface area (Å²) in [5.74, 6) is -0.249. The minimum Gasteiger partial charge on any atom is -0.354 e. The van der Waals surface area contributed by atoms with Gasteiger partial charge in [0.25, 0.3) is 5.91 Å². The molecule has 0 radical (unpaired) electrons. The molecule has 1 heterocycles. The SMILES string of the molecule is CC[C@@H](C)NC(=O)CCN(CCc1ccccc1)C(=O)c1cnccn1. The molecule has 0 aliphatic rings.